The molecule has 9 nitrogen and oxygen atoms in total. The normalized spacial score (nSPS) is 18.7. The average molecular weight is 400 g/mol. The van der Waals surface area contributed by atoms with Crippen LogP contribution >= 0.6 is 11.6 Å². The Kier molecular flexibility index (Phi) is 5.64. The fraction of sp³-hybridized carbons (Fsp3) is 0.533. The molecule has 26 heavy (non-hydrogen) atoms. The van der Waals surface area contributed by atoms with Crippen LogP contribution in [0.15, 0.2) is 18.6 Å². The number of piperidine rings is 1. The predicted molar refractivity (Wildman–Crippen MR) is 101 cm³/mol. The van der Waals surface area contributed by atoms with E-state index in [1.165, 1.54) is 12.5 Å². The summed E-state index contributed by atoms with van der Waals surface area (Å²) >= 11 is 6.18. The fourth-order valence-electron chi connectivity index (χ4n) is 3.00. The van der Waals surface area contributed by atoms with Gasteiger partial charge >= 0.3 is 0 Å². The van der Waals surface area contributed by atoms with Crippen molar-refractivity contribution >= 4 is 39.1 Å². The summed E-state index contributed by atoms with van der Waals surface area (Å²) in [5.74, 6) is 0.848. The Morgan fingerprint density at radius 1 is 1.35 bits per heavy atom. The first-order chi connectivity index (χ1) is 12.3. The minimum absolute atomic E-state index is 0.112. The first kappa shape index (κ1) is 18.9. The van der Waals surface area contributed by atoms with Crippen LogP contribution in [0, 0.1) is 0 Å². The highest BCUT2D eigenvalue weighted by Crippen LogP contribution is 2.24. The Hall–Kier alpha value is -1.91. The second kappa shape index (κ2) is 7.77. The molecule has 0 spiro atoms. The van der Waals surface area contributed by atoms with Crippen molar-refractivity contribution in [3.63, 3.8) is 0 Å². The first-order valence-corrected chi connectivity index (χ1v) is 10.5. The Balaban J connectivity index is 1.69. The number of hydrogen-bond acceptors (Lipinski definition) is 7. The van der Waals surface area contributed by atoms with Crippen LogP contribution in [0.2, 0.25) is 5.02 Å². The van der Waals surface area contributed by atoms with E-state index in [1.807, 2.05) is 7.05 Å². The summed E-state index contributed by atoms with van der Waals surface area (Å²) in [7, 11) is -1.41. The van der Waals surface area contributed by atoms with E-state index >= 15 is 0 Å². The zero-order valence-corrected chi connectivity index (χ0v) is 16.3. The topological polar surface area (TPSA) is 105 Å². The van der Waals surface area contributed by atoms with Crippen LogP contribution in [0.1, 0.15) is 19.3 Å². The van der Waals surface area contributed by atoms with E-state index in [1.54, 1.807) is 21.4 Å². The van der Waals surface area contributed by atoms with Crippen LogP contribution in [-0.4, -0.2) is 57.9 Å². The monoisotopic (exact) mass is 399 g/mol. The molecular formula is C15H22ClN7O2S. The molecule has 1 aliphatic rings. The maximum atomic E-state index is 12.0. The lowest BCUT2D eigenvalue weighted by Gasteiger charge is -2.33. The molecule has 1 fully saturated rings. The molecule has 1 atom stereocenters. The third-order valence-corrected chi connectivity index (χ3v) is 5.82. The van der Waals surface area contributed by atoms with Crippen molar-refractivity contribution in [1.29, 1.82) is 0 Å². The quantitative estimate of drug-likeness (QED) is 0.763. The molecule has 142 valence electrons. The van der Waals surface area contributed by atoms with E-state index in [2.05, 4.69) is 25.7 Å². The summed E-state index contributed by atoms with van der Waals surface area (Å²) in [4.78, 5) is 8.53. The third kappa shape index (κ3) is 4.63. The van der Waals surface area contributed by atoms with E-state index in [9.17, 15) is 8.42 Å². The van der Waals surface area contributed by atoms with Gasteiger partial charge in [0.05, 0.1) is 24.3 Å². The van der Waals surface area contributed by atoms with Gasteiger partial charge in [-0.2, -0.15) is 14.4 Å². The molecule has 11 heteroatoms. The molecule has 0 unspecified atom stereocenters. The number of anilines is 3. The number of aromatic nitrogens is 4. The zero-order chi connectivity index (χ0) is 18.7. The molecule has 1 aliphatic heterocycles. The van der Waals surface area contributed by atoms with Crippen LogP contribution in [0.25, 0.3) is 0 Å². The Morgan fingerprint density at radius 3 is 2.85 bits per heavy atom. The van der Waals surface area contributed by atoms with Crippen molar-refractivity contribution in [1.82, 2.24) is 24.1 Å². The number of hydrogen-bond donors (Lipinski definition) is 2. The molecule has 2 aromatic heterocycles. The molecule has 2 N–H and O–H groups in total. The van der Waals surface area contributed by atoms with Gasteiger partial charge in [0.15, 0.2) is 5.82 Å². The number of nitrogens with one attached hydrogen (secondary N) is 2. The van der Waals surface area contributed by atoms with Crippen molar-refractivity contribution in [2.45, 2.75) is 25.3 Å². The maximum Gasteiger partial charge on any atom is 0.229 e. The summed E-state index contributed by atoms with van der Waals surface area (Å²) in [6.07, 6.45) is 8.92. The minimum atomic E-state index is -3.23. The Morgan fingerprint density at radius 2 is 2.15 bits per heavy atom. The molecular weight excluding hydrogens is 378 g/mol. The highest BCUT2D eigenvalue weighted by atomic mass is 35.5. The summed E-state index contributed by atoms with van der Waals surface area (Å²) in [6.45, 7) is 0.993. The van der Waals surface area contributed by atoms with Crippen LogP contribution in [0.5, 0.6) is 0 Å². The second-order valence-corrected chi connectivity index (χ2v) is 8.66. The zero-order valence-electron chi connectivity index (χ0n) is 14.7. The lowest BCUT2D eigenvalue weighted by molar-refractivity contribution is 0.263. The number of rotatable bonds is 6. The highest BCUT2D eigenvalue weighted by Gasteiger charge is 2.29. The number of halogens is 1. The predicted octanol–water partition coefficient (Wildman–Crippen LogP) is 1.83. The van der Waals surface area contributed by atoms with Gasteiger partial charge in [0, 0.05) is 32.4 Å². The molecule has 0 aliphatic carbocycles. The molecule has 0 aromatic carbocycles. The fourth-order valence-corrected chi connectivity index (χ4v) is 4.34. The first-order valence-electron chi connectivity index (χ1n) is 8.32. The molecule has 1 saturated heterocycles. The van der Waals surface area contributed by atoms with Crippen molar-refractivity contribution in [2.24, 2.45) is 7.05 Å². The van der Waals surface area contributed by atoms with Gasteiger partial charge in [0.2, 0.25) is 16.0 Å². The van der Waals surface area contributed by atoms with Crippen molar-refractivity contribution in [3.05, 3.63) is 23.6 Å². The summed E-state index contributed by atoms with van der Waals surface area (Å²) < 4.78 is 27.1. The molecule has 0 radical (unpaired) electrons. The summed E-state index contributed by atoms with van der Waals surface area (Å²) in [5, 5.41) is 10.7. The van der Waals surface area contributed by atoms with Crippen molar-refractivity contribution in [3.8, 4) is 0 Å². The molecule has 0 amide bonds. The van der Waals surface area contributed by atoms with Crippen LogP contribution in [0.4, 0.5) is 17.5 Å². The Labute approximate surface area is 157 Å². The number of sulfonamides is 1. The van der Waals surface area contributed by atoms with Gasteiger partial charge in [0.25, 0.3) is 0 Å². The van der Waals surface area contributed by atoms with Gasteiger partial charge in [-0.25, -0.2) is 13.4 Å². The lowest BCUT2D eigenvalue weighted by atomic mass is 10.1. The lowest BCUT2D eigenvalue weighted by Crippen LogP contribution is -2.46. The van der Waals surface area contributed by atoms with E-state index < -0.39 is 10.0 Å². The van der Waals surface area contributed by atoms with E-state index in [0.29, 0.717) is 29.9 Å². The Bertz CT molecular complexity index is 871. The van der Waals surface area contributed by atoms with Crippen molar-refractivity contribution < 1.29 is 8.42 Å². The standard InChI is InChI=1S/C15H22ClN7O2S/c1-22-10-11(7-19-22)20-15-18-9-13(16)14(21-15)17-8-12-5-3-4-6-23(12)26(2,24)25/h7,9-10,12H,3-6,8H2,1-2H3,(H2,17,18,20,21)/t12-/m1/s1. The van der Waals surface area contributed by atoms with Crippen LogP contribution in [-0.2, 0) is 17.1 Å². The van der Waals surface area contributed by atoms with Gasteiger partial charge in [-0.3, -0.25) is 4.68 Å². The molecule has 0 bridgehead atoms. The van der Waals surface area contributed by atoms with Gasteiger partial charge in [-0.1, -0.05) is 18.0 Å². The van der Waals surface area contributed by atoms with E-state index in [-0.39, 0.29) is 6.04 Å². The molecule has 0 saturated carbocycles. The molecule has 2 aromatic rings. The van der Waals surface area contributed by atoms with E-state index in [0.717, 1.165) is 24.9 Å². The minimum Gasteiger partial charge on any atom is -0.367 e. The van der Waals surface area contributed by atoms with Crippen LogP contribution < -0.4 is 10.6 Å². The smallest absolute Gasteiger partial charge is 0.229 e. The highest BCUT2D eigenvalue weighted by molar-refractivity contribution is 7.88. The molecule has 3 heterocycles. The van der Waals surface area contributed by atoms with Gasteiger partial charge in [-0.15, -0.1) is 0 Å². The number of aryl methyl sites for hydroxylation is 1. The number of nitrogens with zero attached hydrogens (tertiary/aromatic N) is 5. The SMILES string of the molecule is Cn1cc(Nc2ncc(Cl)c(NC[C@H]3CCCCN3S(C)(=O)=O)n2)cn1. The van der Waals surface area contributed by atoms with Crippen LogP contribution in [0.3, 0.4) is 0 Å². The molecule has 3 rings (SSSR count). The maximum absolute atomic E-state index is 12.0. The third-order valence-electron chi connectivity index (χ3n) is 4.21. The average Bonchev–Trinajstić information content (AvgIpc) is 2.99. The van der Waals surface area contributed by atoms with Crippen molar-refractivity contribution in [2.75, 3.05) is 30.0 Å². The summed E-state index contributed by atoms with van der Waals surface area (Å²) in [5.41, 5.74) is 0.760. The largest absolute Gasteiger partial charge is 0.367 e. The van der Waals surface area contributed by atoms with Gasteiger partial charge in [0.1, 0.15) is 5.02 Å². The van der Waals surface area contributed by atoms with Gasteiger partial charge < -0.3 is 10.6 Å². The second-order valence-electron chi connectivity index (χ2n) is 6.32. The summed E-state index contributed by atoms with van der Waals surface area (Å²) in [6, 6.07) is -0.112. The van der Waals surface area contributed by atoms with E-state index in [4.69, 9.17) is 11.6 Å². The van der Waals surface area contributed by atoms with Gasteiger partial charge in [-0.05, 0) is 12.8 Å².